The summed E-state index contributed by atoms with van der Waals surface area (Å²) < 4.78 is 5.56. The number of hydrogen-bond donors (Lipinski definition) is 1. The van der Waals surface area contributed by atoms with E-state index in [4.69, 9.17) is 4.74 Å². The maximum Gasteiger partial charge on any atom is 0.311 e. The highest BCUT2D eigenvalue weighted by molar-refractivity contribution is 7.10. The van der Waals surface area contributed by atoms with Crippen LogP contribution in [0.25, 0.3) is 0 Å². The molecule has 1 aromatic heterocycles. The van der Waals surface area contributed by atoms with Crippen molar-refractivity contribution in [2.45, 2.75) is 44.6 Å². The molecule has 1 unspecified atom stereocenters. The molecule has 0 amide bonds. The fraction of sp³-hybridized carbons (Fsp3) is 0.688. The topological polar surface area (TPSA) is 30.7 Å². The van der Waals surface area contributed by atoms with Gasteiger partial charge in [-0.25, -0.2) is 0 Å². The molecule has 1 N–H and O–H groups in total. The molecule has 0 radical (unpaired) electrons. The van der Waals surface area contributed by atoms with Crippen molar-refractivity contribution in [1.82, 2.24) is 0 Å². The minimum absolute atomic E-state index is 0.0598. The van der Waals surface area contributed by atoms with Gasteiger partial charge in [0.25, 0.3) is 0 Å². The summed E-state index contributed by atoms with van der Waals surface area (Å²) in [4.78, 5) is 14.8. The summed E-state index contributed by atoms with van der Waals surface area (Å²) in [5.74, 6) is 0.529. The third kappa shape index (κ3) is 3.41. The Bertz CT molecular complexity index is 430. The quantitative estimate of drug-likeness (QED) is 0.857. The number of carbonyl (C=O) groups is 1. The number of hydrogen-bond acceptors (Lipinski definition) is 3. The van der Waals surface area contributed by atoms with E-state index in [-0.39, 0.29) is 5.97 Å². The van der Waals surface area contributed by atoms with Gasteiger partial charge in [0, 0.05) is 10.8 Å². The number of nitrogens with one attached hydrogen (secondary N) is 1. The summed E-state index contributed by atoms with van der Waals surface area (Å²) >= 11 is 1.63. The summed E-state index contributed by atoms with van der Waals surface area (Å²) in [6.45, 7) is 3.28. The molecule has 1 aromatic rings. The number of fused-ring (bicyclic) bond motifs is 1. The lowest BCUT2D eigenvalue weighted by atomic mass is 9.84. The van der Waals surface area contributed by atoms with Crippen LogP contribution in [-0.4, -0.2) is 31.7 Å². The van der Waals surface area contributed by atoms with Crippen molar-refractivity contribution in [3.05, 3.63) is 22.4 Å². The fourth-order valence-electron chi connectivity index (χ4n) is 3.78. The maximum absolute atomic E-state index is 11.9. The van der Waals surface area contributed by atoms with Crippen molar-refractivity contribution in [2.24, 2.45) is 5.92 Å². The SMILES string of the molecule is O=C(Cc1cccs1)OC[C@@H]1CCC[NH+]2CCCC[C@H]12. The lowest BCUT2D eigenvalue weighted by molar-refractivity contribution is -0.940. The number of ether oxygens (including phenoxy) is 1. The zero-order valence-corrected chi connectivity index (χ0v) is 12.8. The highest BCUT2D eigenvalue weighted by Crippen LogP contribution is 2.21. The molecule has 2 saturated heterocycles. The Morgan fingerprint density at radius 1 is 1.30 bits per heavy atom. The van der Waals surface area contributed by atoms with E-state index in [0.29, 0.717) is 18.9 Å². The van der Waals surface area contributed by atoms with Crippen LogP contribution in [0.1, 0.15) is 37.0 Å². The molecule has 0 aromatic carbocycles. The highest BCUT2D eigenvalue weighted by atomic mass is 32.1. The summed E-state index contributed by atoms with van der Waals surface area (Å²) in [7, 11) is 0. The lowest BCUT2D eigenvalue weighted by Crippen LogP contribution is -3.18. The van der Waals surface area contributed by atoms with E-state index in [2.05, 4.69) is 0 Å². The number of esters is 1. The summed E-state index contributed by atoms with van der Waals surface area (Å²) in [5.41, 5.74) is 0. The first-order valence-electron chi connectivity index (χ1n) is 7.85. The zero-order chi connectivity index (χ0) is 13.8. The fourth-order valence-corrected chi connectivity index (χ4v) is 4.47. The zero-order valence-electron chi connectivity index (χ0n) is 12.0. The van der Waals surface area contributed by atoms with Crippen molar-refractivity contribution in [3.63, 3.8) is 0 Å². The standard InChI is InChI=1S/C16H23NO2S/c18-16(11-14-6-4-10-20-14)19-12-13-5-3-9-17-8-2-1-7-15(13)17/h4,6,10,13,15H,1-3,5,7-9,11-12H2/p+1/t13-,15+/m0/s1. The number of thiophene rings is 1. The molecule has 4 heteroatoms. The first kappa shape index (κ1) is 14.1. The Labute approximate surface area is 124 Å². The smallest absolute Gasteiger partial charge is 0.311 e. The first-order chi connectivity index (χ1) is 9.83. The van der Waals surface area contributed by atoms with E-state index in [1.807, 2.05) is 17.5 Å². The molecule has 0 bridgehead atoms. The van der Waals surface area contributed by atoms with Crippen molar-refractivity contribution >= 4 is 17.3 Å². The van der Waals surface area contributed by atoms with Crippen molar-refractivity contribution in [1.29, 1.82) is 0 Å². The van der Waals surface area contributed by atoms with Crippen LogP contribution in [-0.2, 0) is 16.0 Å². The van der Waals surface area contributed by atoms with Gasteiger partial charge in [0.05, 0.1) is 32.2 Å². The van der Waals surface area contributed by atoms with Crippen LogP contribution in [0.2, 0.25) is 0 Å². The van der Waals surface area contributed by atoms with Crippen LogP contribution in [0.15, 0.2) is 17.5 Å². The van der Waals surface area contributed by atoms with Crippen LogP contribution in [0.4, 0.5) is 0 Å². The Hall–Kier alpha value is -0.870. The Morgan fingerprint density at radius 2 is 2.20 bits per heavy atom. The average molecular weight is 294 g/mol. The van der Waals surface area contributed by atoms with Gasteiger partial charge in [0.15, 0.2) is 0 Å². The molecule has 0 spiro atoms. The average Bonchev–Trinajstić information content (AvgIpc) is 2.98. The Morgan fingerprint density at radius 3 is 3.05 bits per heavy atom. The van der Waals surface area contributed by atoms with E-state index in [9.17, 15) is 4.79 Å². The predicted octanol–water partition coefficient (Wildman–Crippen LogP) is 1.68. The molecule has 0 saturated carbocycles. The Balaban J connectivity index is 1.48. The largest absolute Gasteiger partial charge is 0.465 e. The van der Waals surface area contributed by atoms with Crippen LogP contribution in [0, 0.1) is 5.92 Å². The molecular weight excluding hydrogens is 270 g/mol. The molecule has 2 aliphatic rings. The lowest BCUT2D eigenvalue weighted by Gasteiger charge is -2.40. The minimum atomic E-state index is -0.0598. The highest BCUT2D eigenvalue weighted by Gasteiger charge is 2.37. The van der Waals surface area contributed by atoms with E-state index >= 15 is 0 Å². The van der Waals surface area contributed by atoms with Gasteiger partial charge in [-0.3, -0.25) is 4.79 Å². The van der Waals surface area contributed by atoms with Crippen molar-refractivity contribution in [2.75, 3.05) is 19.7 Å². The van der Waals surface area contributed by atoms with E-state index in [1.54, 1.807) is 16.2 Å². The van der Waals surface area contributed by atoms with E-state index < -0.39 is 0 Å². The van der Waals surface area contributed by atoms with Crippen LogP contribution >= 0.6 is 11.3 Å². The van der Waals surface area contributed by atoms with Gasteiger partial charge >= 0.3 is 5.97 Å². The number of rotatable bonds is 4. The summed E-state index contributed by atoms with van der Waals surface area (Å²) in [6, 6.07) is 4.73. The van der Waals surface area contributed by atoms with E-state index in [1.165, 1.54) is 45.2 Å². The summed E-state index contributed by atoms with van der Waals surface area (Å²) in [6.07, 6.45) is 7.01. The molecular formula is C16H24NO2S+. The van der Waals surface area contributed by atoms with Crippen molar-refractivity contribution in [3.8, 4) is 0 Å². The molecule has 3 nitrogen and oxygen atoms in total. The maximum atomic E-state index is 11.9. The molecule has 110 valence electrons. The third-order valence-electron chi connectivity index (χ3n) is 4.79. The number of quaternary nitrogens is 1. The molecule has 3 atom stereocenters. The second-order valence-corrected chi connectivity index (χ2v) is 7.13. The second kappa shape index (κ2) is 6.72. The second-order valence-electron chi connectivity index (χ2n) is 6.10. The number of piperidine rings is 2. The molecule has 3 heterocycles. The summed E-state index contributed by atoms with van der Waals surface area (Å²) in [5, 5.41) is 2.01. The van der Waals surface area contributed by atoms with Gasteiger partial charge in [-0.05, 0) is 43.6 Å². The van der Waals surface area contributed by atoms with Crippen LogP contribution in [0.5, 0.6) is 0 Å². The minimum Gasteiger partial charge on any atom is -0.465 e. The number of carbonyl (C=O) groups excluding carboxylic acids is 1. The molecule has 2 aliphatic heterocycles. The van der Waals surface area contributed by atoms with Crippen molar-refractivity contribution < 1.29 is 14.4 Å². The third-order valence-corrected chi connectivity index (χ3v) is 5.66. The molecule has 3 rings (SSSR count). The monoisotopic (exact) mass is 294 g/mol. The van der Waals surface area contributed by atoms with Crippen LogP contribution in [0.3, 0.4) is 0 Å². The Kier molecular flexibility index (Phi) is 4.73. The van der Waals surface area contributed by atoms with Gasteiger partial charge in [-0.2, -0.15) is 0 Å². The molecule has 20 heavy (non-hydrogen) atoms. The molecule has 2 fully saturated rings. The first-order valence-corrected chi connectivity index (χ1v) is 8.73. The predicted molar refractivity (Wildman–Crippen MR) is 80.0 cm³/mol. The van der Waals surface area contributed by atoms with Gasteiger partial charge < -0.3 is 9.64 Å². The van der Waals surface area contributed by atoms with Crippen LogP contribution < -0.4 is 4.90 Å². The molecule has 0 aliphatic carbocycles. The van der Waals surface area contributed by atoms with Gasteiger partial charge in [0.1, 0.15) is 0 Å². The van der Waals surface area contributed by atoms with E-state index in [0.717, 1.165) is 10.9 Å². The van der Waals surface area contributed by atoms with Gasteiger partial charge in [0.2, 0.25) is 0 Å². The van der Waals surface area contributed by atoms with Gasteiger partial charge in [-0.15, -0.1) is 11.3 Å². The van der Waals surface area contributed by atoms with Gasteiger partial charge in [-0.1, -0.05) is 6.07 Å². The normalized spacial score (nSPS) is 29.7.